The highest BCUT2D eigenvalue weighted by Crippen LogP contribution is 2.22. The number of benzene rings is 1. The maximum Gasteiger partial charge on any atom is 0.0942 e. The Morgan fingerprint density at radius 1 is 1.22 bits per heavy atom. The molecular formula is C15H25NOS. The van der Waals surface area contributed by atoms with Gasteiger partial charge in [0.15, 0.2) is 0 Å². The standard InChI is InChI=1S/C15H25NOS/c1-4-6-11-16-14(5-2)15(17)12-7-9-13(18-3)10-8-12/h7-10,14-17H,4-6,11H2,1-3H3. The minimum Gasteiger partial charge on any atom is -0.387 e. The second-order valence-electron chi connectivity index (χ2n) is 4.54. The predicted octanol–water partition coefficient (Wildman–Crippen LogP) is 3.61. The average molecular weight is 267 g/mol. The van der Waals surface area contributed by atoms with E-state index < -0.39 is 6.10 Å². The zero-order valence-electron chi connectivity index (χ0n) is 11.6. The van der Waals surface area contributed by atoms with E-state index in [4.69, 9.17) is 0 Å². The monoisotopic (exact) mass is 267 g/mol. The molecule has 0 amide bonds. The molecule has 18 heavy (non-hydrogen) atoms. The summed E-state index contributed by atoms with van der Waals surface area (Å²) in [6.45, 7) is 5.28. The van der Waals surface area contributed by atoms with Crippen LogP contribution in [0.4, 0.5) is 0 Å². The quantitative estimate of drug-likeness (QED) is 0.557. The van der Waals surface area contributed by atoms with Crippen LogP contribution in [0.2, 0.25) is 0 Å². The largest absolute Gasteiger partial charge is 0.387 e. The van der Waals surface area contributed by atoms with Crippen molar-refractivity contribution in [3.8, 4) is 0 Å². The number of unbranched alkanes of at least 4 members (excludes halogenated alkanes) is 1. The molecule has 0 radical (unpaired) electrons. The highest BCUT2D eigenvalue weighted by molar-refractivity contribution is 7.98. The summed E-state index contributed by atoms with van der Waals surface area (Å²) in [5.41, 5.74) is 1.00. The third-order valence-corrected chi connectivity index (χ3v) is 3.96. The van der Waals surface area contributed by atoms with Gasteiger partial charge in [-0.05, 0) is 43.3 Å². The van der Waals surface area contributed by atoms with Crippen LogP contribution in [0, 0.1) is 0 Å². The maximum atomic E-state index is 10.4. The molecule has 3 heteroatoms. The molecular weight excluding hydrogens is 242 g/mol. The number of aliphatic hydroxyl groups is 1. The molecule has 0 aliphatic heterocycles. The van der Waals surface area contributed by atoms with Gasteiger partial charge < -0.3 is 10.4 Å². The molecule has 1 rings (SSSR count). The molecule has 0 aliphatic rings. The van der Waals surface area contributed by atoms with Crippen LogP contribution < -0.4 is 5.32 Å². The molecule has 0 saturated heterocycles. The summed E-state index contributed by atoms with van der Waals surface area (Å²) in [5.74, 6) is 0. The fraction of sp³-hybridized carbons (Fsp3) is 0.600. The molecule has 0 heterocycles. The zero-order valence-corrected chi connectivity index (χ0v) is 12.5. The highest BCUT2D eigenvalue weighted by Gasteiger charge is 2.18. The third kappa shape index (κ3) is 4.63. The van der Waals surface area contributed by atoms with Crippen LogP contribution in [-0.4, -0.2) is 23.9 Å². The van der Waals surface area contributed by atoms with E-state index in [9.17, 15) is 5.11 Å². The molecule has 102 valence electrons. The third-order valence-electron chi connectivity index (χ3n) is 3.22. The summed E-state index contributed by atoms with van der Waals surface area (Å²) in [7, 11) is 0. The lowest BCUT2D eigenvalue weighted by Crippen LogP contribution is -2.35. The smallest absolute Gasteiger partial charge is 0.0942 e. The van der Waals surface area contributed by atoms with Crippen molar-refractivity contribution in [1.29, 1.82) is 0 Å². The van der Waals surface area contributed by atoms with Crippen LogP contribution in [-0.2, 0) is 0 Å². The van der Waals surface area contributed by atoms with Gasteiger partial charge in [0.05, 0.1) is 6.10 Å². The lowest BCUT2D eigenvalue weighted by molar-refractivity contribution is 0.126. The molecule has 0 fully saturated rings. The van der Waals surface area contributed by atoms with Gasteiger partial charge in [0.1, 0.15) is 0 Å². The summed E-state index contributed by atoms with van der Waals surface area (Å²) >= 11 is 1.72. The van der Waals surface area contributed by atoms with Crippen LogP contribution in [0.15, 0.2) is 29.2 Å². The Labute approximate surface area is 115 Å². The Bertz CT molecular complexity index is 326. The van der Waals surface area contributed by atoms with Crippen molar-refractivity contribution >= 4 is 11.8 Å². The Morgan fingerprint density at radius 2 is 1.89 bits per heavy atom. The van der Waals surface area contributed by atoms with Crippen LogP contribution >= 0.6 is 11.8 Å². The Morgan fingerprint density at radius 3 is 2.39 bits per heavy atom. The molecule has 2 atom stereocenters. The van der Waals surface area contributed by atoms with Crippen molar-refractivity contribution in [1.82, 2.24) is 5.32 Å². The number of aliphatic hydroxyl groups excluding tert-OH is 1. The fourth-order valence-corrected chi connectivity index (χ4v) is 2.39. The first-order valence-electron chi connectivity index (χ1n) is 6.78. The Kier molecular flexibility index (Phi) is 7.40. The maximum absolute atomic E-state index is 10.4. The number of thioether (sulfide) groups is 1. The molecule has 0 aliphatic carbocycles. The Balaban J connectivity index is 2.60. The van der Waals surface area contributed by atoms with Gasteiger partial charge in [0.25, 0.3) is 0 Å². The Hall–Kier alpha value is -0.510. The van der Waals surface area contributed by atoms with Crippen LogP contribution in [0.25, 0.3) is 0 Å². The lowest BCUT2D eigenvalue weighted by Gasteiger charge is -2.23. The van der Waals surface area contributed by atoms with E-state index >= 15 is 0 Å². The van der Waals surface area contributed by atoms with Crippen molar-refractivity contribution in [3.63, 3.8) is 0 Å². The van der Waals surface area contributed by atoms with E-state index in [1.807, 2.05) is 12.1 Å². The van der Waals surface area contributed by atoms with Crippen LogP contribution in [0.3, 0.4) is 0 Å². The summed E-state index contributed by atoms with van der Waals surface area (Å²) in [6.07, 6.45) is 4.93. The van der Waals surface area contributed by atoms with Crippen LogP contribution in [0.1, 0.15) is 44.8 Å². The molecule has 0 saturated carbocycles. The van der Waals surface area contributed by atoms with Crippen molar-refractivity contribution < 1.29 is 5.11 Å². The van der Waals surface area contributed by atoms with Crippen molar-refractivity contribution in [2.24, 2.45) is 0 Å². The van der Waals surface area contributed by atoms with Gasteiger partial charge in [0, 0.05) is 10.9 Å². The van der Waals surface area contributed by atoms with Gasteiger partial charge in [-0.2, -0.15) is 0 Å². The minimum absolute atomic E-state index is 0.150. The first-order valence-corrected chi connectivity index (χ1v) is 8.00. The molecule has 0 spiro atoms. The van der Waals surface area contributed by atoms with E-state index in [0.717, 1.165) is 24.9 Å². The van der Waals surface area contributed by atoms with Gasteiger partial charge >= 0.3 is 0 Å². The molecule has 0 bridgehead atoms. The van der Waals surface area contributed by atoms with E-state index in [1.54, 1.807) is 11.8 Å². The summed E-state index contributed by atoms with van der Waals surface area (Å²) in [5, 5.41) is 13.8. The van der Waals surface area contributed by atoms with Crippen molar-refractivity contribution in [2.45, 2.75) is 50.2 Å². The van der Waals surface area contributed by atoms with Crippen molar-refractivity contribution in [3.05, 3.63) is 29.8 Å². The van der Waals surface area contributed by atoms with Gasteiger partial charge in [0.2, 0.25) is 0 Å². The summed E-state index contributed by atoms with van der Waals surface area (Å²) < 4.78 is 0. The molecule has 0 aromatic heterocycles. The number of hydrogen-bond acceptors (Lipinski definition) is 3. The van der Waals surface area contributed by atoms with E-state index in [2.05, 4.69) is 37.6 Å². The SMILES string of the molecule is CCCCNC(CC)C(O)c1ccc(SC)cc1. The number of hydrogen-bond donors (Lipinski definition) is 2. The molecule has 1 aromatic rings. The number of nitrogens with one attached hydrogen (secondary N) is 1. The van der Waals surface area contributed by atoms with E-state index in [0.29, 0.717) is 0 Å². The first-order chi connectivity index (χ1) is 8.72. The van der Waals surface area contributed by atoms with E-state index in [-0.39, 0.29) is 6.04 Å². The van der Waals surface area contributed by atoms with E-state index in [1.165, 1.54) is 11.3 Å². The lowest BCUT2D eigenvalue weighted by atomic mass is 10.0. The fourth-order valence-electron chi connectivity index (χ4n) is 1.98. The average Bonchev–Trinajstić information content (AvgIpc) is 2.43. The molecule has 2 N–H and O–H groups in total. The second-order valence-corrected chi connectivity index (χ2v) is 5.42. The van der Waals surface area contributed by atoms with Gasteiger partial charge in [-0.15, -0.1) is 11.8 Å². The van der Waals surface area contributed by atoms with Crippen LogP contribution in [0.5, 0.6) is 0 Å². The molecule has 1 aromatic carbocycles. The topological polar surface area (TPSA) is 32.3 Å². The second kappa shape index (κ2) is 8.57. The van der Waals surface area contributed by atoms with Gasteiger partial charge in [-0.25, -0.2) is 0 Å². The first kappa shape index (κ1) is 15.5. The minimum atomic E-state index is -0.414. The van der Waals surface area contributed by atoms with Crippen molar-refractivity contribution in [2.75, 3.05) is 12.8 Å². The molecule has 2 unspecified atom stereocenters. The normalized spacial score (nSPS) is 14.4. The molecule has 2 nitrogen and oxygen atoms in total. The highest BCUT2D eigenvalue weighted by atomic mass is 32.2. The van der Waals surface area contributed by atoms with Gasteiger partial charge in [-0.1, -0.05) is 32.4 Å². The number of rotatable bonds is 8. The van der Waals surface area contributed by atoms with Gasteiger partial charge in [-0.3, -0.25) is 0 Å². The predicted molar refractivity (Wildman–Crippen MR) is 80.2 cm³/mol. The summed E-state index contributed by atoms with van der Waals surface area (Å²) in [6, 6.07) is 8.35. The summed E-state index contributed by atoms with van der Waals surface area (Å²) in [4.78, 5) is 1.23. The zero-order chi connectivity index (χ0) is 13.4.